The van der Waals surface area contributed by atoms with E-state index in [2.05, 4.69) is 4.74 Å². The van der Waals surface area contributed by atoms with Crippen LogP contribution in [0, 0.1) is 0 Å². The molecular formula is C11H11F3O4. The molecule has 1 saturated heterocycles. The van der Waals surface area contributed by atoms with Crippen molar-refractivity contribution in [1.29, 1.82) is 0 Å². The third-order valence-electron chi connectivity index (χ3n) is 2.59. The topological polar surface area (TPSA) is 47.9 Å². The van der Waals surface area contributed by atoms with Gasteiger partial charge in [-0.3, -0.25) is 0 Å². The molecule has 1 aliphatic rings. The van der Waals surface area contributed by atoms with Crippen LogP contribution in [0.25, 0.3) is 0 Å². The molecule has 0 unspecified atom stereocenters. The number of hydrogen-bond donors (Lipinski definition) is 1. The Kier molecular flexibility index (Phi) is 3.12. The molecule has 18 heavy (non-hydrogen) atoms. The zero-order chi connectivity index (χ0) is 13.4. The fourth-order valence-electron chi connectivity index (χ4n) is 1.70. The van der Waals surface area contributed by atoms with Gasteiger partial charge in [-0.05, 0) is 18.2 Å². The Morgan fingerprint density at radius 3 is 2.44 bits per heavy atom. The van der Waals surface area contributed by atoms with Gasteiger partial charge in [-0.1, -0.05) is 0 Å². The molecule has 0 aliphatic carbocycles. The lowest BCUT2D eigenvalue weighted by Gasteiger charge is -2.37. The summed E-state index contributed by atoms with van der Waals surface area (Å²) in [5, 5.41) is 10.1. The van der Waals surface area contributed by atoms with Crippen molar-refractivity contribution >= 4 is 0 Å². The first kappa shape index (κ1) is 13.0. The molecule has 0 amide bonds. The molecule has 1 aromatic carbocycles. The molecule has 100 valence electrons. The third kappa shape index (κ3) is 2.51. The number of ether oxygens (including phenoxy) is 3. The van der Waals surface area contributed by atoms with Crippen molar-refractivity contribution < 1.29 is 32.5 Å². The van der Waals surface area contributed by atoms with E-state index in [1.165, 1.54) is 13.2 Å². The number of benzene rings is 1. The highest BCUT2D eigenvalue weighted by Gasteiger charge is 2.41. The fourth-order valence-corrected chi connectivity index (χ4v) is 1.70. The van der Waals surface area contributed by atoms with Crippen molar-refractivity contribution in [1.82, 2.24) is 0 Å². The largest absolute Gasteiger partial charge is 0.573 e. The quantitative estimate of drug-likeness (QED) is 0.904. The van der Waals surface area contributed by atoms with Crippen LogP contribution in [0.1, 0.15) is 5.56 Å². The van der Waals surface area contributed by atoms with Crippen LogP contribution in [0.15, 0.2) is 18.2 Å². The normalized spacial score (nSPS) is 18.1. The standard InChI is InChI=1S/C11H11F3O4/c1-16-9-3-2-7(18-11(12,13)14)4-8(9)10(15)5-17-6-10/h2-4,15H,5-6H2,1H3. The highest BCUT2D eigenvalue weighted by Crippen LogP contribution is 2.38. The summed E-state index contributed by atoms with van der Waals surface area (Å²) in [7, 11) is 1.37. The van der Waals surface area contributed by atoms with Crippen molar-refractivity contribution in [2.75, 3.05) is 20.3 Å². The summed E-state index contributed by atoms with van der Waals surface area (Å²) in [5.41, 5.74) is -1.10. The van der Waals surface area contributed by atoms with Crippen LogP contribution in [0.5, 0.6) is 11.5 Å². The summed E-state index contributed by atoms with van der Waals surface area (Å²) in [6.45, 7) is 0.0255. The molecule has 0 saturated carbocycles. The number of alkyl halides is 3. The third-order valence-corrected chi connectivity index (χ3v) is 2.59. The molecule has 2 rings (SSSR count). The highest BCUT2D eigenvalue weighted by atomic mass is 19.4. The Labute approximate surface area is 101 Å². The molecule has 4 nitrogen and oxygen atoms in total. The van der Waals surface area contributed by atoms with Crippen molar-refractivity contribution in [3.8, 4) is 11.5 Å². The maximum atomic E-state index is 12.1. The Hall–Kier alpha value is -1.47. The van der Waals surface area contributed by atoms with Crippen LogP contribution in [0.2, 0.25) is 0 Å². The molecule has 1 aromatic rings. The number of rotatable bonds is 3. The lowest BCUT2D eigenvalue weighted by molar-refractivity contribution is -0.274. The van der Waals surface area contributed by atoms with E-state index in [9.17, 15) is 18.3 Å². The second-order valence-corrected chi connectivity index (χ2v) is 3.93. The summed E-state index contributed by atoms with van der Waals surface area (Å²) < 4.78 is 50.0. The van der Waals surface area contributed by atoms with E-state index in [-0.39, 0.29) is 24.5 Å². The summed E-state index contributed by atoms with van der Waals surface area (Å²) in [5.74, 6) is -0.117. The number of halogens is 3. The molecule has 0 spiro atoms. The average molecular weight is 264 g/mol. The van der Waals surface area contributed by atoms with E-state index in [1.807, 2.05) is 0 Å². The molecule has 0 aromatic heterocycles. The van der Waals surface area contributed by atoms with E-state index in [0.717, 1.165) is 12.1 Å². The van der Waals surface area contributed by atoms with Crippen LogP contribution < -0.4 is 9.47 Å². The molecule has 1 heterocycles. The van der Waals surface area contributed by atoms with Crippen LogP contribution >= 0.6 is 0 Å². The predicted molar refractivity (Wildman–Crippen MR) is 54.4 cm³/mol. The first-order valence-electron chi connectivity index (χ1n) is 5.08. The number of aliphatic hydroxyl groups is 1. The second-order valence-electron chi connectivity index (χ2n) is 3.93. The molecule has 0 radical (unpaired) electrons. The fraction of sp³-hybridized carbons (Fsp3) is 0.455. The van der Waals surface area contributed by atoms with Gasteiger partial charge in [-0.2, -0.15) is 0 Å². The summed E-state index contributed by atoms with van der Waals surface area (Å²) >= 11 is 0. The minimum Gasteiger partial charge on any atom is -0.496 e. The number of methoxy groups -OCH3 is 1. The summed E-state index contributed by atoms with van der Waals surface area (Å²) in [6.07, 6.45) is -4.77. The number of hydrogen-bond acceptors (Lipinski definition) is 4. The predicted octanol–water partition coefficient (Wildman–Crippen LogP) is 1.81. The van der Waals surface area contributed by atoms with Gasteiger partial charge in [0.2, 0.25) is 0 Å². The lowest BCUT2D eigenvalue weighted by Crippen LogP contribution is -2.46. The van der Waals surface area contributed by atoms with Gasteiger partial charge in [-0.25, -0.2) is 0 Å². The highest BCUT2D eigenvalue weighted by molar-refractivity contribution is 5.44. The second kappa shape index (κ2) is 4.33. The van der Waals surface area contributed by atoms with Gasteiger partial charge in [0.1, 0.15) is 17.1 Å². The SMILES string of the molecule is COc1ccc(OC(F)(F)F)cc1C1(O)COC1. The van der Waals surface area contributed by atoms with E-state index in [1.54, 1.807) is 0 Å². The minimum absolute atomic E-state index is 0.0127. The zero-order valence-electron chi connectivity index (χ0n) is 9.45. The first-order valence-corrected chi connectivity index (χ1v) is 5.08. The van der Waals surface area contributed by atoms with Gasteiger partial charge in [0.05, 0.1) is 20.3 Å². The molecule has 1 N–H and O–H groups in total. The smallest absolute Gasteiger partial charge is 0.496 e. The van der Waals surface area contributed by atoms with Crippen molar-refractivity contribution in [2.45, 2.75) is 12.0 Å². The monoisotopic (exact) mass is 264 g/mol. The van der Waals surface area contributed by atoms with Gasteiger partial charge in [0.15, 0.2) is 0 Å². The summed E-state index contributed by atoms with van der Waals surface area (Å²) in [6, 6.07) is 3.54. The Balaban J connectivity index is 2.33. The van der Waals surface area contributed by atoms with Crippen molar-refractivity contribution in [3.05, 3.63) is 23.8 Å². The van der Waals surface area contributed by atoms with E-state index in [4.69, 9.17) is 9.47 Å². The van der Waals surface area contributed by atoms with Crippen LogP contribution in [0.4, 0.5) is 13.2 Å². The molecular weight excluding hydrogens is 253 g/mol. The average Bonchev–Trinajstić information content (AvgIpc) is 2.23. The molecule has 0 bridgehead atoms. The van der Waals surface area contributed by atoms with Crippen molar-refractivity contribution in [3.63, 3.8) is 0 Å². The molecule has 1 aliphatic heterocycles. The van der Waals surface area contributed by atoms with Crippen LogP contribution in [0.3, 0.4) is 0 Å². The maximum absolute atomic E-state index is 12.1. The minimum atomic E-state index is -4.77. The van der Waals surface area contributed by atoms with E-state index >= 15 is 0 Å². The Morgan fingerprint density at radius 1 is 1.33 bits per heavy atom. The Bertz CT molecular complexity index is 440. The molecule has 0 atom stereocenters. The van der Waals surface area contributed by atoms with Crippen LogP contribution in [-0.4, -0.2) is 31.8 Å². The van der Waals surface area contributed by atoms with Crippen LogP contribution in [-0.2, 0) is 10.3 Å². The summed E-state index contributed by atoms with van der Waals surface area (Å²) in [4.78, 5) is 0. The maximum Gasteiger partial charge on any atom is 0.573 e. The van der Waals surface area contributed by atoms with Gasteiger partial charge >= 0.3 is 6.36 Å². The van der Waals surface area contributed by atoms with Gasteiger partial charge < -0.3 is 19.3 Å². The lowest BCUT2D eigenvalue weighted by atomic mass is 9.91. The van der Waals surface area contributed by atoms with Gasteiger partial charge in [-0.15, -0.1) is 13.2 Å². The van der Waals surface area contributed by atoms with E-state index in [0.29, 0.717) is 0 Å². The Morgan fingerprint density at radius 2 is 2.00 bits per heavy atom. The first-order chi connectivity index (χ1) is 8.34. The molecule has 7 heteroatoms. The van der Waals surface area contributed by atoms with Gasteiger partial charge in [0, 0.05) is 5.56 Å². The molecule has 1 fully saturated rings. The van der Waals surface area contributed by atoms with E-state index < -0.39 is 17.7 Å². The zero-order valence-corrected chi connectivity index (χ0v) is 9.45. The van der Waals surface area contributed by atoms with Gasteiger partial charge in [0.25, 0.3) is 0 Å². The van der Waals surface area contributed by atoms with Crippen molar-refractivity contribution in [2.24, 2.45) is 0 Å².